The molecule has 2 aliphatic rings. The molecule has 3 N–H and O–H groups in total. The van der Waals surface area contributed by atoms with E-state index in [1.165, 1.54) is 0 Å². The van der Waals surface area contributed by atoms with Crippen molar-refractivity contribution in [2.75, 3.05) is 28.6 Å². The summed E-state index contributed by atoms with van der Waals surface area (Å²) in [5.74, 6) is -0.960. The summed E-state index contributed by atoms with van der Waals surface area (Å²) in [5.41, 5.74) is 2.43. The van der Waals surface area contributed by atoms with E-state index in [0.29, 0.717) is 11.6 Å². The van der Waals surface area contributed by atoms with E-state index in [9.17, 15) is 14.4 Å². The molecule has 0 radical (unpaired) electrons. The fourth-order valence-electron chi connectivity index (χ4n) is 3.75. The van der Waals surface area contributed by atoms with Crippen LogP contribution in [0.15, 0.2) is 23.0 Å². The van der Waals surface area contributed by atoms with Gasteiger partial charge in [-0.15, -0.1) is 0 Å². The van der Waals surface area contributed by atoms with Gasteiger partial charge in [0.05, 0.1) is 11.5 Å². The van der Waals surface area contributed by atoms with E-state index < -0.39 is 5.92 Å². The van der Waals surface area contributed by atoms with Crippen LogP contribution in [-0.4, -0.2) is 34.9 Å². The Balaban J connectivity index is 1.68. The summed E-state index contributed by atoms with van der Waals surface area (Å²) >= 11 is 0. The highest BCUT2D eigenvalue weighted by Crippen LogP contribution is 2.31. The van der Waals surface area contributed by atoms with Crippen LogP contribution in [0.3, 0.4) is 0 Å². The molecule has 1 aromatic carbocycles. The van der Waals surface area contributed by atoms with Gasteiger partial charge in [0.15, 0.2) is 0 Å². The number of aromatic amines is 1. The first-order valence-corrected chi connectivity index (χ1v) is 9.49. The summed E-state index contributed by atoms with van der Waals surface area (Å²) in [4.78, 5) is 47.1. The van der Waals surface area contributed by atoms with Crippen LogP contribution >= 0.6 is 0 Å². The van der Waals surface area contributed by atoms with Crippen LogP contribution in [0.1, 0.15) is 41.9 Å². The lowest BCUT2D eigenvalue weighted by atomic mass is 9.92. The number of carbonyl (C=O) groups is 2. The molecule has 1 aromatic heterocycles. The van der Waals surface area contributed by atoms with Gasteiger partial charge in [0.1, 0.15) is 5.82 Å². The molecule has 146 valence electrons. The molecule has 0 unspecified atom stereocenters. The number of aryl methyl sites for hydroxylation is 2. The molecule has 2 aromatic rings. The Morgan fingerprint density at radius 1 is 1.21 bits per heavy atom. The van der Waals surface area contributed by atoms with Crippen LogP contribution in [-0.2, 0) is 9.59 Å². The molecule has 3 heterocycles. The van der Waals surface area contributed by atoms with Gasteiger partial charge in [-0.1, -0.05) is 12.1 Å². The zero-order valence-corrected chi connectivity index (χ0v) is 16.0. The number of nitrogens with zero attached hydrogens (tertiary/aromatic N) is 2. The Morgan fingerprint density at radius 3 is 2.71 bits per heavy atom. The van der Waals surface area contributed by atoms with Crippen molar-refractivity contribution in [2.24, 2.45) is 0 Å². The van der Waals surface area contributed by atoms with Gasteiger partial charge in [-0.2, -0.15) is 4.98 Å². The van der Waals surface area contributed by atoms with Gasteiger partial charge in [0.25, 0.3) is 5.56 Å². The largest absolute Gasteiger partial charge is 0.342 e. The van der Waals surface area contributed by atoms with E-state index in [1.54, 1.807) is 0 Å². The molecule has 1 saturated heterocycles. The third-order valence-electron chi connectivity index (χ3n) is 5.31. The van der Waals surface area contributed by atoms with Gasteiger partial charge >= 0.3 is 0 Å². The summed E-state index contributed by atoms with van der Waals surface area (Å²) in [6, 6.07) is 5.75. The van der Waals surface area contributed by atoms with Crippen molar-refractivity contribution in [3.8, 4) is 0 Å². The molecule has 8 heteroatoms. The number of anilines is 3. The highest BCUT2D eigenvalue weighted by atomic mass is 16.2. The van der Waals surface area contributed by atoms with E-state index >= 15 is 0 Å². The van der Waals surface area contributed by atoms with Gasteiger partial charge in [0.2, 0.25) is 17.8 Å². The molecule has 0 aliphatic carbocycles. The Labute approximate surface area is 162 Å². The fraction of sp³-hybridized carbons (Fsp3) is 0.400. The van der Waals surface area contributed by atoms with Crippen molar-refractivity contribution in [2.45, 2.75) is 39.0 Å². The summed E-state index contributed by atoms with van der Waals surface area (Å²) in [6.45, 7) is 5.46. The molecule has 0 spiro atoms. The molecule has 2 aliphatic heterocycles. The lowest BCUT2D eigenvalue weighted by Crippen LogP contribution is -2.37. The predicted molar refractivity (Wildman–Crippen MR) is 107 cm³/mol. The van der Waals surface area contributed by atoms with E-state index in [-0.39, 0.29) is 35.2 Å². The number of nitrogens with one attached hydrogen (secondary N) is 3. The number of rotatable bonds is 3. The molecule has 4 rings (SSSR count). The number of hydrogen-bond acceptors (Lipinski definition) is 5. The van der Waals surface area contributed by atoms with Crippen LogP contribution < -0.4 is 21.1 Å². The topological polar surface area (TPSA) is 107 Å². The number of hydrogen-bond donors (Lipinski definition) is 3. The van der Waals surface area contributed by atoms with Crippen molar-refractivity contribution in [1.82, 2.24) is 9.97 Å². The average Bonchev–Trinajstić information content (AvgIpc) is 3.18. The van der Waals surface area contributed by atoms with Gasteiger partial charge in [0, 0.05) is 25.2 Å². The van der Waals surface area contributed by atoms with Crippen molar-refractivity contribution >= 4 is 29.3 Å². The fourth-order valence-corrected chi connectivity index (χ4v) is 3.75. The number of benzene rings is 1. The molecule has 0 bridgehead atoms. The average molecular weight is 381 g/mol. The molecular weight excluding hydrogens is 358 g/mol. The molecule has 0 saturated carbocycles. The number of amides is 2. The minimum Gasteiger partial charge on any atom is -0.342 e. The minimum absolute atomic E-state index is 0.0858. The smallest absolute Gasteiger partial charge is 0.258 e. The highest BCUT2D eigenvalue weighted by molar-refractivity contribution is 6.04. The molecule has 1 fully saturated rings. The lowest BCUT2D eigenvalue weighted by Gasteiger charge is -2.25. The van der Waals surface area contributed by atoms with Gasteiger partial charge in [-0.25, -0.2) is 0 Å². The first-order valence-electron chi connectivity index (χ1n) is 9.49. The summed E-state index contributed by atoms with van der Waals surface area (Å²) in [5, 5.41) is 5.53. The monoisotopic (exact) mass is 381 g/mol. The summed E-state index contributed by atoms with van der Waals surface area (Å²) in [6.07, 6.45) is 1.99. The Hall–Kier alpha value is -3.16. The maximum atomic E-state index is 13.0. The third kappa shape index (κ3) is 3.37. The first kappa shape index (κ1) is 18.2. The van der Waals surface area contributed by atoms with Crippen molar-refractivity contribution in [3.05, 3.63) is 45.2 Å². The van der Waals surface area contributed by atoms with Crippen molar-refractivity contribution in [3.63, 3.8) is 0 Å². The van der Waals surface area contributed by atoms with Gasteiger partial charge in [-0.05, 0) is 43.9 Å². The number of H-pyrrole nitrogens is 1. The number of fused-ring (bicyclic) bond motifs is 1. The Bertz CT molecular complexity index is 1010. The Morgan fingerprint density at radius 2 is 1.96 bits per heavy atom. The second kappa shape index (κ2) is 7.10. The minimum atomic E-state index is -0.882. The quantitative estimate of drug-likeness (QED) is 0.754. The number of carbonyl (C=O) groups excluding carboxylic acids is 2. The van der Waals surface area contributed by atoms with E-state index in [1.807, 2.05) is 36.9 Å². The predicted octanol–water partition coefficient (Wildman–Crippen LogP) is 2.05. The van der Waals surface area contributed by atoms with Gasteiger partial charge < -0.3 is 15.5 Å². The first-order chi connectivity index (χ1) is 13.4. The SMILES string of the molecule is Cc1ccc(C)c(NC(=O)[C@H]2CC(=O)Nc3nc(N4CCCC4)[nH]c(=O)c32)c1. The molecule has 2 amide bonds. The summed E-state index contributed by atoms with van der Waals surface area (Å²) < 4.78 is 0. The second-order valence-electron chi connectivity index (χ2n) is 7.46. The number of aromatic nitrogens is 2. The zero-order chi connectivity index (χ0) is 19.8. The second-order valence-corrected chi connectivity index (χ2v) is 7.46. The van der Waals surface area contributed by atoms with E-state index in [0.717, 1.165) is 37.1 Å². The lowest BCUT2D eigenvalue weighted by molar-refractivity contribution is -0.123. The van der Waals surface area contributed by atoms with Crippen LogP contribution in [0.5, 0.6) is 0 Å². The van der Waals surface area contributed by atoms with Crippen molar-refractivity contribution in [1.29, 1.82) is 0 Å². The zero-order valence-electron chi connectivity index (χ0n) is 16.0. The molecular formula is C20H23N5O3. The molecule has 8 nitrogen and oxygen atoms in total. The van der Waals surface area contributed by atoms with Crippen LogP contribution in [0.25, 0.3) is 0 Å². The third-order valence-corrected chi connectivity index (χ3v) is 5.31. The van der Waals surface area contributed by atoms with Crippen molar-refractivity contribution < 1.29 is 9.59 Å². The Kier molecular flexibility index (Phi) is 4.62. The molecule has 28 heavy (non-hydrogen) atoms. The highest BCUT2D eigenvalue weighted by Gasteiger charge is 2.35. The van der Waals surface area contributed by atoms with Gasteiger partial charge in [-0.3, -0.25) is 19.4 Å². The van der Waals surface area contributed by atoms with Crippen LogP contribution in [0, 0.1) is 13.8 Å². The molecule has 1 atom stereocenters. The normalized spacial score (nSPS) is 18.6. The maximum absolute atomic E-state index is 13.0. The van der Waals surface area contributed by atoms with Crippen LogP contribution in [0.2, 0.25) is 0 Å². The van der Waals surface area contributed by atoms with E-state index in [2.05, 4.69) is 20.6 Å². The van der Waals surface area contributed by atoms with Crippen LogP contribution in [0.4, 0.5) is 17.5 Å². The summed E-state index contributed by atoms with van der Waals surface area (Å²) in [7, 11) is 0. The maximum Gasteiger partial charge on any atom is 0.258 e. The standard InChI is InChI=1S/C20H23N5O3/c1-11-5-6-12(2)14(9-11)21-18(27)13-10-15(26)22-17-16(13)19(28)24-20(23-17)25-7-3-4-8-25/h5-6,9,13H,3-4,7-8,10H2,1-2H3,(H,21,27)(H2,22,23,24,26,28)/t13-/m0/s1. The van der Waals surface area contributed by atoms with E-state index in [4.69, 9.17) is 0 Å².